The molecular weight excluding hydrogens is 207 g/mol. The zero-order valence-corrected chi connectivity index (χ0v) is 10.3. The molecule has 0 aliphatic heterocycles. The van der Waals surface area contributed by atoms with E-state index in [1.54, 1.807) is 0 Å². The van der Waals surface area contributed by atoms with Gasteiger partial charge in [-0.2, -0.15) is 0 Å². The van der Waals surface area contributed by atoms with Crippen molar-refractivity contribution in [2.75, 3.05) is 6.61 Å². The third-order valence-electron chi connectivity index (χ3n) is 2.70. The molecule has 1 aliphatic rings. The van der Waals surface area contributed by atoms with E-state index in [2.05, 4.69) is 27.4 Å². The van der Waals surface area contributed by atoms with Gasteiger partial charge in [0.1, 0.15) is 6.10 Å². The lowest BCUT2D eigenvalue weighted by Gasteiger charge is -1.95. The molecule has 1 aliphatic carbocycles. The first-order valence-electron chi connectivity index (χ1n) is 5.40. The van der Waals surface area contributed by atoms with Gasteiger partial charge in [0.15, 0.2) is 0 Å². The molecule has 2 nitrogen and oxygen atoms in total. The standard InChI is InChI=1S/C12H19O2P/c1-10(14-15)5-3-2-4-6-11-9-12(11)7-8-13/h2,4,10-13H,6-9,15H2,1H3/b4-2+. The second-order valence-corrected chi connectivity index (χ2v) is 4.25. The number of aliphatic hydroxyl groups excluding tert-OH is 1. The van der Waals surface area contributed by atoms with Crippen LogP contribution >= 0.6 is 9.47 Å². The summed E-state index contributed by atoms with van der Waals surface area (Å²) in [6.45, 7) is 2.24. The molecule has 0 amide bonds. The molecule has 84 valence electrons. The van der Waals surface area contributed by atoms with Gasteiger partial charge in [0, 0.05) is 16.1 Å². The number of allylic oxidation sites excluding steroid dienone is 2. The number of rotatable bonds is 5. The first-order chi connectivity index (χ1) is 7.27. The maximum Gasteiger partial charge on any atom is 0.119 e. The van der Waals surface area contributed by atoms with Gasteiger partial charge < -0.3 is 9.63 Å². The van der Waals surface area contributed by atoms with Crippen molar-refractivity contribution in [2.24, 2.45) is 11.8 Å². The zero-order chi connectivity index (χ0) is 11.1. The fraction of sp³-hybridized carbons (Fsp3) is 0.667. The molecule has 1 rings (SSSR count). The van der Waals surface area contributed by atoms with E-state index in [1.165, 1.54) is 6.42 Å². The Kier molecular flexibility index (Phi) is 5.95. The molecule has 1 fully saturated rings. The summed E-state index contributed by atoms with van der Waals surface area (Å²) in [5.41, 5.74) is 0. The first-order valence-corrected chi connectivity index (χ1v) is 5.87. The van der Waals surface area contributed by atoms with Gasteiger partial charge in [-0.05, 0) is 44.1 Å². The van der Waals surface area contributed by atoms with Crippen LogP contribution in [0.3, 0.4) is 0 Å². The third-order valence-corrected chi connectivity index (χ3v) is 3.11. The lowest BCUT2D eigenvalue weighted by atomic mass is 10.2. The largest absolute Gasteiger partial charge is 0.396 e. The lowest BCUT2D eigenvalue weighted by Crippen LogP contribution is -1.94. The maximum atomic E-state index is 8.74. The second kappa shape index (κ2) is 7.01. The molecule has 0 aromatic carbocycles. The van der Waals surface area contributed by atoms with Crippen molar-refractivity contribution in [3.8, 4) is 11.8 Å². The van der Waals surface area contributed by atoms with Crippen LogP contribution in [0, 0.1) is 23.7 Å². The summed E-state index contributed by atoms with van der Waals surface area (Å²) < 4.78 is 4.92. The summed E-state index contributed by atoms with van der Waals surface area (Å²) in [6.07, 6.45) is 7.31. The average Bonchev–Trinajstić information content (AvgIpc) is 2.96. The van der Waals surface area contributed by atoms with Gasteiger partial charge in [-0.25, -0.2) is 0 Å². The van der Waals surface area contributed by atoms with E-state index < -0.39 is 0 Å². The fourth-order valence-corrected chi connectivity index (χ4v) is 1.69. The molecule has 4 atom stereocenters. The van der Waals surface area contributed by atoms with Crippen molar-refractivity contribution in [1.29, 1.82) is 0 Å². The normalized spacial score (nSPS) is 26.1. The van der Waals surface area contributed by atoms with Crippen molar-refractivity contribution in [1.82, 2.24) is 0 Å². The van der Waals surface area contributed by atoms with Crippen molar-refractivity contribution in [3.05, 3.63) is 12.2 Å². The predicted octanol–water partition coefficient (Wildman–Crippen LogP) is 2.15. The average molecular weight is 226 g/mol. The molecule has 3 heteroatoms. The van der Waals surface area contributed by atoms with Crippen LogP contribution in [0.25, 0.3) is 0 Å². The van der Waals surface area contributed by atoms with Crippen molar-refractivity contribution < 1.29 is 9.63 Å². The topological polar surface area (TPSA) is 29.5 Å². The van der Waals surface area contributed by atoms with E-state index in [4.69, 9.17) is 9.63 Å². The van der Waals surface area contributed by atoms with Crippen LogP contribution in [-0.2, 0) is 4.52 Å². The Hall–Kier alpha value is -0.350. The highest BCUT2D eigenvalue weighted by Gasteiger charge is 2.34. The van der Waals surface area contributed by atoms with Crippen molar-refractivity contribution in [2.45, 2.75) is 32.3 Å². The van der Waals surface area contributed by atoms with Crippen LogP contribution < -0.4 is 0 Å². The molecule has 1 saturated carbocycles. The van der Waals surface area contributed by atoms with Crippen molar-refractivity contribution >= 4 is 9.47 Å². The van der Waals surface area contributed by atoms with Gasteiger partial charge in [-0.15, -0.1) is 0 Å². The number of aliphatic hydroxyl groups is 1. The van der Waals surface area contributed by atoms with E-state index in [0.717, 1.165) is 24.7 Å². The summed E-state index contributed by atoms with van der Waals surface area (Å²) in [7, 11) is 2.21. The van der Waals surface area contributed by atoms with Gasteiger partial charge in [0.2, 0.25) is 0 Å². The molecule has 0 saturated heterocycles. The summed E-state index contributed by atoms with van der Waals surface area (Å²) >= 11 is 0. The fourth-order valence-electron chi connectivity index (χ4n) is 1.62. The molecule has 0 spiro atoms. The molecule has 4 unspecified atom stereocenters. The van der Waals surface area contributed by atoms with E-state index in [1.807, 2.05) is 13.0 Å². The van der Waals surface area contributed by atoms with Crippen LogP contribution in [0.1, 0.15) is 26.2 Å². The molecule has 15 heavy (non-hydrogen) atoms. The minimum atomic E-state index is -0.0253. The molecule has 0 aromatic heterocycles. The molecule has 0 aromatic rings. The van der Waals surface area contributed by atoms with Gasteiger partial charge in [-0.1, -0.05) is 17.9 Å². The smallest absolute Gasteiger partial charge is 0.119 e. The maximum absolute atomic E-state index is 8.74. The Morgan fingerprint density at radius 3 is 3.07 bits per heavy atom. The van der Waals surface area contributed by atoms with E-state index in [9.17, 15) is 0 Å². The van der Waals surface area contributed by atoms with Crippen LogP contribution in [0.5, 0.6) is 0 Å². The first kappa shape index (κ1) is 12.7. The van der Waals surface area contributed by atoms with Crippen LogP contribution in [0.15, 0.2) is 12.2 Å². The Labute approximate surface area is 94.4 Å². The van der Waals surface area contributed by atoms with Crippen LogP contribution in [0.4, 0.5) is 0 Å². The zero-order valence-electron chi connectivity index (χ0n) is 9.15. The second-order valence-electron chi connectivity index (χ2n) is 3.97. The molecule has 0 radical (unpaired) electrons. The van der Waals surface area contributed by atoms with Crippen LogP contribution in [-0.4, -0.2) is 17.8 Å². The Morgan fingerprint density at radius 1 is 1.60 bits per heavy atom. The predicted molar refractivity (Wildman–Crippen MR) is 65.1 cm³/mol. The highest BCUT2D eigenvalue weighted by atomic mass is 31.0. The lowest BCUT2D eigenvalue weighted by molar-refractivity contribution is 0.277. The summed E-state index contributed by atoms with van der Waals surface area (Å²) in [5, 5.41) is 8.74. The van der Waals surface area contributed by atoms with Crippen molar-refractivity contribution in [3.63, 3.8) is 0 Å². The molecule has 0 bridgehead atoms. The highest BCUT2D eigenvalue weighted by molar-refractivity contribution is 7.09. The molecule has 0 heterocycles. The van der Waals surface area contributed by atoms with E-state index >= 15 is 0 Å². The summed E-state index contributed by atoms with van der Waals surface area (Å²) in [6, 6.07) is 0. The van der Waals surface area contributed by atoms with E-state index in [-0.39, 0.29) is 6.10 Å². The minimum Gasteiger partial charge on any atom is -0.396 e. The highest BCUT2D eigenvalue weighted by Crippen LogP contribution is 2.43. The van der Waals surface area contributed by atoms with Gasteiger partial charge >= 0.3 is 0 Å². The SMILES string of the molecule is CC(C#C/C=C/CC1CC1CCO)OP. The van der Waals surface area contributed by atoms with E-state index in [0.29, 0.717) is 6.61 Å². The molecule has 1 N–H and O–H groups in total. The Balaban J connectivity index is 2.10. The van der Waals surface area contributed by atoms with Gasteiger partial charge in [-0.3, -0.25) is 0 Å². The monoisotopic (exact) mass is 226 g/mol. The number of hydrogen-bond acceptors (Lipinski definition) is 2. The molecular formula is C12H19O2P. The Bertz CT molecular complexity index is 265. The summed E-state index contributed by atoms with van der Waals surface area (Å²) in [5.74, 6) is 7.43. The van der Waals surface area contributed by atoms with Gasteiger partial charge in [0.05, 0.1) is 0 Å². The Morgan fingerprint density at radius 2 is 2.40 bits per heavy atom. The van der Waals surface area contributed by atoms with Gasteiger partial charge in [0.25, 0.3) is 0 Å². The third kappa shape index (κ3) is 5.33. The summed E-state index contributed by atoms with van der Waals surface area (Å²) in [4.78, 5) is 0. The number of hydrogen-bond donors (Lipinski definition) is 1. The minimum absolute atomic E-state index is 0.0253. The quantitative estimate of drug-likeness (QED) is 0.575. The van der Waals surface area contributed by atoms with Crippen LogP contribution in [0.2, 0.25) is 0 Å².